The summed E-state index contributed by atoms with van der Waals surface area (Å²) >= 11 is 0. The number of hydrogen-bond donors (Lipinski definition) is 0. The van der Waals surface area contributed by atoms with Gasteiger partial charge in [-0.2, -0.15) is 0 Å². The molecule has 0 unspecified atom stereocenters. The highest BCUT2D eigenvalue weighted by Gasteiger charge is 2.38. The second kappa shape index (κ2) is 9.58. The van der Waals surface area contributed by atoms with Gasteiger partial charge < -0.3 is 23.7 Å². The maximum atomic E-state index is 13.2. The molecule has 5 rings (SSSR count). The van der Waals surface area contributed by atoms with Gasteiger partial charge in [-0.05, 0) is 53.6 Å². The number of carbonyl (C=O) groups is 3. The van der Waals surface area contributed by atoms with E-state index < -0.39 is 17.9 Å². The average Bonchev–Trinajstić information content (AvgIpc) is 3.22. The highest BCUT2D eigenvalue weighted by atomic mass is 16.6. The normalized spacial score (nSPS) is 17.1. The highest BCUT2D eigenvalue weighted by Crippen LogP contribution is 2.49. The second-order valence-electron chi connectivity index (χ2n) is 8.24. The lowest BCUT2D eigenvalue weighted by molar-refractivity contribution is -0.143. The number of hydrogen-bond acceptors (Lipinski definition) is 8. The van der Waals surface area contributed by atoms with Crippen molar-refractivity contribution in [3.05, 3.63) is 88.7 Å². The predicted molar refractivity (Wildman–Crippen MR) is 128 cm³/mol. The van der Waals surface area contributed by atoms with Crippen LogP contribution in [-0.2, 0) is 14.3 Å². The lowest BCUT2D eigenvalue weighted by atomic mass is 9.84. The Balaban J connectivity index is 1.51. The number of ether oxygens (including phenoxy) is 5. The number of carbonyl (C=O) groups excluding carboxylic acids is 3. The zero-order valence-electron chi connectivity index (χ0n) is 19.6. The van der Waals surface area contributed by atoms with Gasteiger partial charge in [-0.25, -0.2) is 4.79 Å². The third kappa shape index (κ3) is 4.40. The Morgan fingerprint density at radius 1 is 1.00 bits per heavy atom. The molecule has 0 N–H and O–H groups in total. The number of allylic oxidation sites excluding steroid dienone is 1. The molecule has 0 aromatic heterocycles. The number of fused-ring (bicyclic) bond motifs is 3. The summed E-state index contributed by atoms with van der Waals surface area (Å²) in [4.78, 5) is 37.0. The van der Waals surface area contributed by atoms with Crippen molar-refractivity contribution in [3.8, 4) is 23.0 Å². The fraction of sp³-hybridized carbons (Fsp3) is 0.179. The van der Waals surface area contributed by atoms with E-state index in [1.54, 1.807) is 55.7 Å². The van der Waals surface area contributed by atoms with E-state index in [0.29, 0.717) is 34.1 Å². The van der Waals surface area contributed by atoms with E-state index in [2.05, 4.69) is 4.74 Å². The van der Waals surface area contributed by atoms with Crippen LogP contribution in [0.2, 0.25) is 0 Å². The molecule has 0 fully saturated rings. The molecule has 0 bridgehead atoms. The van der Waals surface area contributed by atoms with E-state index in [1.165, 1.54) is 7.11 Å². The Morgan fingerprint density at radius 2 is 1.81 bits per heavy atom. The van der Waals surface area contributed by atoms with Gasteiger partial charge in [-0.15, -0.1) is 0 Å². The lowest BCUT2D eigenvalue weighted by Crippen LogP contribution is -2.21. The molecule has 2 heterocycles. The molecule has 36 heavy (non-hydrogen) atoms. The molecule has 8 heteroatoms. The van der Waals surface area contributed by atoms with Crippen LogP contribution in [0.5, 0.6) is 23.0 Å². The molecule has 0 amide bonds. The molecule has 8 nitrogen and oxygen atoms in total. The van der Waals surface area contributed by atoms with E-state index in [-0.39, 0.29) is 24.6 Å². The van der Waals surface area contributed by atoms with Crippen molar-refractivity contribution in [3.63, 3.8) is 0 Å². The van der Waals surface area contributed by atoms with Crippen molar-refractivity contribution in [2.24, 2.45) is 0 Å². The molecule has 182 valence electrons. The third-order valence-electron chi connectivity index (χ3n) is 6.04. The van der Waals surface area contributed by atoms with Crippen LogP contribution < -0.4 is 18.9 Å². The lowest BCUT2D eigenvalue weighted by Gasteiger charge is -2.26. The van der Waals surface area contributed by atoms with Crippen molar-refractivity contribution >= 4 is 23.8 Å². The average molecular weight is 486 g/mol. The molecule has 0 spiro atoms. The van der Waals surface area contributed by atoms with Crippen LogP contribution in [0.3, 0.4) is 0 Å². The SMILES string of the molecule is COC(=O)COc1cccc([C@@H]2CC(=O)Oc3ccc4c(c32)O/C(=C\c2ccc(OC)cc2)C4=O)c1. The monoisotopic (exact) mass is 486 g/mol. The summed E-state index contributed by atoms with van der Waals surface area (Å²) in [5, 5.41) is 0. The number of benzene rings is 3. The van der Waals surface area contributed by atoms with E-state index in [4.69, 9.17) is 18.9 Å². The second-order valence-corrected chi connectivity index (χ2v) is 8.24. The van der Waals surface area contributed by atoms with Crippen LogP contribution in [0, 0.1) is 0 Å². The Bertz CT molecular complexity index is 1390. The van der Waals surface area contributed by atoms with Gasteiger partial charge in [0.15, 0.2) is 12.4 Å². The molecule has 2 aliphatic rings. The maximum absolute atomic E-state index is 13.2. The third-order valence-corrected chi connectivity index (χ3v) is 6.04. The standard InChI is InChI=1S/C28H22O8/c1-32-18-8-6-16(7-9-18)12-23-27(31)20-10-11-22-26(28(20)36-23)21(14-24(29)35-22)17-4-3-5-19(13-17)34-15-25(30)33-2/h3-13,21H,14-15H2,1-2H3/b23-12-/t21-/m0/s1. The van der Waals surface area contributed by atoms with Crippen LogP contribution in [-0.4, -0.2) is 38.5 Å². The summed E-state index contributed by atoms with van der Waals surface area (Å²) in [6.07, 6.45) is 1.72. The van der Waals surface area contributed by atoms with Crippen molar-refractivity contribution in [1.29, 1.82) is 0 Å². The van der Waals surface area contributed by atoms with Gasteiger partial charge in [0.2, 0.25) is 5.78 Å². The van der Waals surface area contributed by atoms with Crippen molar-refractivity contribution < 1.29 is 38.1 Å². The van der Waals surface area contributed by atoms with Gasteiger partial charge in [0.25, 0.3) is 0 Å². The minimum Gasteiger partial charge on any atom is -0.497 e. The van der Waals surface area contributed by atoms with Crippen LogP contribution >= 0.6 is 0 Å². The summed E-state index contributed by atoms with van der Waals surface area (Å²) in [6.45, 7) is -0.240. The molecular formula is C28H22O8. The summed E-state index contributed by atoms with van der Waals surface area (Å²) < 4.78 is 26.9. The fourth-order valence-corrected chi connectivity index (χ4v) is 4.26. The molecule has 3 aromatic carbocycles. The van der Waals surface area contributed by atoms with Gasteiger partial charge in [0.05, 0.1) is 26.2 Å². The number of methoxy groups -OCH3 is 2. The van der Waals surface area contributed by atoms with E-state index in [9.17, 15) is 14.4 Å². The van der Waals surface area contributed by atoms with Gasteiger partial charge in [0.1, 0.15) is 23.0 Å². The quantitative estimate of drug-likeness (QED) is 0.289. The van der Waals surface area contributed by atoms with Gasteiger partial charge in [-0.1, -0.05) is 24.3 Å². The van der Waals surface area contributed by atoms with E-state index in [0.717, 1.165) is 11.1 Å². The predicted octanol–water partition coefficient (Wildman–Crippen LogP) is 4.30. The van der Waals surface area contributed by atoms with Crippen LogP contribution in [0.1, 0.15) is 39.4 Å². The zero-order chi connectivity index (χ0) is 25.2. The molecule has 1 atom stereocenters. The highest BCUT2D eigenvalue weighted by molar-refractivity contribution is 6.15. The van der Waals surface area contributed by atoms with Crippen molar-refractivity contribution in [1.82, 2.24) is 0 Å². The first-order valence-electron chi connectivity index (χ1n) is 11.2. The molecule has 0 radical (unpaired) electrons. The number of ketones is 1. The van der Waals surface area contributed by atoms with Gasteiger partial charge >= 0.3 is 11.9 Å². The number of esters is 2. The first kappa shape index (κ1) is 23.2. The smallest absolute Gasteiger partial charge is 0.343 e. The van der Waals surface area contributed by atoms with Crippen molar-refractivity contribution in [2.75, 3.05) is 20.8 Å². The summed E-state index contributed by atoms with van der Waals surface area (Å²) in [5.74, 6) is 0.443. The molecule has 0 aliphatic carbocycles. The Hall–Kier alpha value is -4.59. The molecule has 2 aliphatic heterocycles. The van der Waals surface area contributed by atoms with Gasteiger partial charge in [0, 0.05) is 11.5 Å². The van der Waals surface area contributed by atoms with E-state index >= 15 is 0 Å². The minimum absolute atomic E-state index is 0.0545. The molecule has 0 saturated heterocycles. The summed E-state index contributed by atoms with van der Waals surface area (Å²) in [5.41, 5.74) is 2.55. The summed E-state index contributed by atoms with van der Waals surface area (Å²) in [7, 11) is 2.87. The minimum atomic E-state index is -0.507. The number of rotatable bonds is 6. The first-order valence-corrected chi connectivity index (χ1v) is 11.2. The topological polar surface area (TPSA) is 97.4 Å². The van der Waals surface area contributed by atoms with E-state index in [1.807, 2.05) is 18.2 Å². The van der Waals surface area contributed by atoms with Gasteiger partial charge in [-0.3, -0.25) is 9.59 Å². The zero-order valence-corrected chi connectivity index (χ0v) is 19.6. The van der Waals surface area contributed by atoms with Crippen LogP contribution in [0.25, 0.3) is 6.08 Å². The molecule has 3 aromatic rings. The van der Waals surface area contributed by atoms with Crippen molar-refractivity contribution in [2.45, 2.75) is 12.3 Å². The Kier molecular flexibility index (Phi) is 6.16. The maximum Gasteiger partial charge on any atom is 0.343 e. The molecule has 0 saturated carbocycles. The summed E-state index contributed by atoms with van der Waals surface area (Å²) in [6, 6.07) is 17.5. The first-order chi connectivity index (χ1) is 17.5. The Labute approximate surface area is 207 Å². The fourth-order valence-electron chi connectivity index (χ4n) is 4.26. The Morgan fingerprint density at radius 3 is 2.56 bits per heavy atom. The largest absolute Gasteiger partial charge is 0.497 e. The van der Waals surface area contributed by atoms with Crippen LogP contribution in [0.4, 0.5) is 0 Å². The number of Topliss-reactive ketones (excluding diaryl/α,β-unsaturated/α-hetero) is 1. The molecular weight excluding hydrogens is 464 g/mol. The van der Waals surface area contributed by atoms with Crippen LogP contribution in [0.15, 0.2) is 66.4 Å².